The van der Waals surface area contributed by atoms with E-state index < -0.39 is 6.43 Å². The molecule has 1 heterocycles. The summed E-state index contributed by atoms with van der Waals surface area (Å²) < 4.78 is 24.3. The predicted molar refractivity (Wildman–Crippen MR) is 41.3 cm³/mol. The SMILES string of the molecule is Cl.FC(F)C1CCC12CNC2. The van der Waals surface area contributed by atoms with Crippen molar-refractivity contribution in [3.05, 3.63) is 0 Å². The van der Waals surface area contributed by atoms with Crippen LogP contribution in [0.15, 0.2) is 0 Å². The summed E-state index contributed by atoms with van der Waals surface area (Å²) in [6, 6.07) is 0. The predicted octanol–water partition coefficient (Wildman–Crippen LogP) is 1.67. The van der Waals surface area contributed by atoms with Crippen molar-refractivity contribution in [2.75, 3.05) is 13.1 Å². The Morgan fingerprint density at radius 2 is 2.00 bits per heavy atom. The van der Waals surface area contributed by atoms with Gasteiger partial charge in [0.25, 0.3) is 0 Å². The summed E-state index contributed by atoms with van der Waals surface area (Å²) in [6.07, 6.45) is -0.343. The highest BCUT2D eigenvalue weighted by Crippen LogP contribution is 2.51. The Morgan fingerprint density at radius 3 is 2.09 bits per heavy atom. The highest BCUT2D eigenvalue weighted by atomic mass is 35.5. The number of hydrogen-bond donors (Lipinski definition) is 1. The number of nitrogens with one attached hydrogen (secondary N) is 1. The first-order valence-corrected chi connectivity index (χ1v) is 3.73. The minimum Gasteiger partial charge on any atom is -0.316 e. The second-order valence-electron chi connectivity index (χ2n) is 3.45. The van der Waals surface area contributed by atoms with E-state index in [0.29, 0.717) is 0 Å². The van der Waals surface area contributed by atoms with Gasteiger partial charge in [0.05, 0.1) is 0 Å². The lowest BCUT2D eigenvalue weighted by molar-refractivity contribution is -0.109. The summed E-state index contributed by atoms with van der Waals surface area (Å²) in [5.41, 5.74) is 0.0220. The van der Waals surface area contributed by atoms with Crippen LogP contribution in [0.3, 0.4) is 0 Å². The lowest BCUT2D eigenvalue weighted by atomic mass is 9.57. The summed E-state index contributed by atoms with van der Waals surface area (Å²) >= 11 is 0. The fourth-order valence-corrected chi connectivity index (χ4v) is 2.00. The summed E-state index contributed by atoms with van der Waals surface area (Å²) in [7, 11) is 0. The van der Waals surface area contributed by atoms with Gasteiger partial charge in [-0.3, -0.25) is 0 Å². The summed E-state index contributed by atoms with van der Waals surface area (Å²) in [5, 5.41) is 3.06. The highest BCUT2D eigenvalue weighted by Gasteiger charge is 2.54. The molecular weight excluding hydrogens is 172 g/mol. The average molecular weight is 184 g/mol. The van der Waals surface area contributed by atoms with Crippen LogP contribution in [0.25, 0.3) is 0 Å². The van der Waals surface area contributed by atoms with Crippen molar-refractivity contribution >= 4 is 12.4 Å². The van der Waals surface area contributed by atoms with E-state index in [1.165, 1.54) is 0 Å². The zero-order valence-corrected chi connectivity index (χ0v) is 6.96. The van der Waals surface area contributed by atoms with Crippen molar-refractivity contribution in [3.8, 4) is 0 Å². The van der Waals surface area contributed by atoms with Gasteiger partial charge in [0.2, 0.25) is 6.43 Å². The molecule has 2 fully saturated rings. The van der Waals surface area contributed by atoms with Gasteiger partial charge in [0, 0.05) is 24.4 Å². The van der Waals surface area contributed by atoms with Crippen molar-refractivity contribution < 1.29 is 8.78 Å². The van der Waals surface area contributed by atoms with E-state index in [0.717, 1.165) is 25.9 Å². The Balaban J connectivity index is 0.000000605. The normalized spacial score (nSPS) is 32.5. The van der Waals surface area contributed by atoms with E-state index >= 15 is 0 Å². The van der Waals surface area contributed by atoms with Gasteiger partial charge >= 0.3 is 0 Å². The van der Waals surface area contributed by atoms with Crippen LogP contribution in [0.2, 0.25) is 0 Å². The molecule has 1 unspecified atom stereocenters. The van der Waals surface area contributed by atoms with Crippen molar-refractivity contribution in [2.45, 2.75) is 19.3 Å². The minimum absolute atomic E-state index is 0. The first-order chi connectivity index (χ1) is 4.75. The molecule has 1 N–H and O–H groups in total. The molecule has 4 heteroatoms. The van der Waals surface area contributed by atoms with Gasteiger partial charge in [-0.1, -0.05) is 0 Å². The molecule has 0 aromatic carbocycles. The standard InChI is InChI=1S/C7H11F2N.ClH/c8-6(9)5-1-2-7(5)3-10-4-7;/h5-6,10H,1-4H2;1H. The summed E-state index contributed by atoms with van der Waals surface area (Å²) in [6.45, 7) is 1.64. The number of halogens is 3. The van der Waals surface area contributed by atoms with E-state index in [1.807, 2.05) is 0 Å². The van der Waals surface area contributed by atoms with Gasteiger partial charge in [0.1, 0.15) is 0 Å². The Hall–Kier alpha value is 0.110. The van der Waals surface area contributed by atoms with E-state index in [2.05, 4.69) is 5.32 Å². The maximum atomic E-state index is 12.2. The van der Waals surface area contributed by atoms with Crippen LogP contribution in [0.5, 0.6) is 0 Å². The quantitative estimate of drug-likeness (QED) is 0.652. The second kappa shape index (κ2) is 2.87. The maximum absolute atomic E-state index is 12.2. The smallest absolute Gasteiger partial charge is 0.242 e. The molecule has 0 radical (unpaired) electrons. The molecule has 1 aliphatic heterocycles. The van der Waals surface area contributed by atoms with Crippen LogP contribution in [-0.2, 0) is 0 Å². The average Bonchev–Trinajstić information content (AvgIpc) is 1.53. The lowest BCUT2D eigenvalue weighted by Crippen LogP contribution is -2.64. The van der Waals surface area contributed by atoms with Crippen LogP contribution in [0.1, 0.15) is 12.8 Å². The zero-order chi connectivity index (χ0) is 7.19. The topological polar surface area (TPSA) is 12.0 Å². The van der Waals surface area contributed by atoms with Gasteiger partial charge in [-0.05, 0) is 12.8 Å². The van der Waals surface area contributed by atoms with Crippen molar-refractivity contribution in [1.82, 2.24) is 5.32 Å². The fourth-order valence-electron chi connectivity index (χ4n) is 2.00. The molecule has 1 atom stereocenters. The molecule has 0 amide bonds. The Morgan fingerprint density at radius 1 is 1.36 bits per heavy atom. The molecule has 0 aromatic heterocycles. The number of alkyl halides is 2. The van der Waals surface area contributed by atoms with Gasteiger partial charge in [-0.15, -0.1) is 12.4 Å². The number of rotatable bonds is 1. The molecule has 0 aromatic rings. The highest BCUT2D eigenvalue weighted by molar-refractivity contribution is 5.85. The molecule has 1 saturated carbocycles. The molecule has 1 nitrogen and oxygen atoms in total. The zero-order valence-electron chi connectivity index (χ0n) is 6.15. The van der Waals surface area contributed by atoms with Crippen molar-refractivity contribution in [2.24, 2.45) is 11.3 Å². The van der Waals surface area contributed by atoms with Crippen molar-refractivity contribution in [3.63, 3.8) is 0 Å². The summed E-state index contributed by atoms with van der Waals surface area (Å²) in [4.78, 5) is 0. The Bertz CT molecular complexity index is 142. The minimum atomic E-state index is -2.09. The summed E-state index contributed by atoms with van der Waals surface area (Å²) in [5.74, 6) is -0.297. The molecule has 1 saturated heterocycles. The molecule has 1 spiro atoms. The Labute approximate surface area is 71.0 Å². The molecule has 11 heavy (non-hydrogen) atoms. The number of hydrogen-bond acceptors (Lipinski definition) is 1. The first kappa shape index (κ1) is 9.20. The van der Waals surface area contributed by atoms with Crippen LogP contribution >= 0.6 is 12.4 Å². The maximum Gasteiger partial charge on any atom is 0.242 e. The molecule has 66 valence electrons. The largest absolute Gasteiger partial charge is 0.316 e. The lowest BCUT2D eigenvalue weighted by Gasteiger charge is -2.55. The third kappa shape index (κ3) is 1.14. The fraction of sp³-hybridized carbons (Fsp3) is 1.00. The van der Waals surface area contributed by atoms with Crippen LogP contribution in [0, 0.1) is 11.3 Å². The molecular formula is C7H12ClF2N. The monoisotopic (exact) mass is 183 g/mol. The van der Waals surface area contributed by atoms with Gasteiger partial charge in [0.15, 0.2) is 0 Å². The second-order valence-corrected chi connectivity index (χ2v) is 3.45. The van der Waals surface area contributed by atoms with Gasteiger partial charge in [-0.25, -0.2) is 8.78 Å². The van der Waals surface area contributed by atoms with Crippen LogP contribution in [0.4, 0.5) is 8.78 Å². The van der Waals surface area contributed by atoms with E-state index in [1.54, 1.807) is 0 Å². The first-order valence-electron chi connectivity index (χ1n) is 3.73. The third-order valence-corrected chi connectivity index (χ3v) is 3.00. The third-order valence-electron chi connectivity index (χ3n) is 3.00. The van der Waals surface area contributed by atoms with E-state index in [-0.39, 0.29) is 23.7 Å². The van der Waals surface area contributed by atoms with Gasteiger partial charge in [-0.2, -0.15) is 0 Å². The molecule has 2 rings (SSSR count). The Kier molecular flexibility index (Phi) is 2.40. The van der Waals surface area contributed by atoms with Crippen molar-refractivity contribution in [1.29, 1.82) is 0 Å². The van der Waals surface area contributed by atoms with Gasteiger partial charge < -0.3 is 5.32 Å². The van der Waals surface area contributed by atoms with E-state index in [9.17, 15) is 8.78 Å². The molecule has 0 bridgehead atoms. The molecule has 2 aliphatic rings. The van der Waals surface area contributed by atoms with E-state index in [4.69, 9.17) is 0 Å². The van der Waals surface area contributed by atoms with Crippen LogP contribution in [-0.4, -0.2) is 19.5 Å². The molecule has 1 aliphatic carbocycles. The van der Waals surface area contributed by atoms with Crippen LogP contribution < -0.4 is 5.32 Å².